The number of carbonyl (C=O) groups is 2. The summed E-state index contributed by atoms with van der Waals surface area (Å²) in [6, 6.07) is -0.695. The Bertz CT molecular complexity index is 591. The molecule has 0 bridgehead atoms. The van der Waals surface area contributed by atoms with Crippen LogP contribution in [0, 0.1) is 0 Å². The van der Waals surface area contributed by atoms with Crippen molar-refractivity contribution < 1.29 is 23.8 Å². The number of hydrogen-bond acceptors (Lipinski definition) is 8. The van der Waals surface area contributed by atoms with E-state index in [1.807, 2.05) is 58.1 Å². The van der Waals surface area contributed by atoms with Crippen LogP contribution in [0.25, 0.3) is 0 Å². The molecule has 3 atom stereocenters. The van der Waals surface area contributed by atoms with E-state index in [4.69, 9.17) is 14.2 Å². The van der Waals surface area contributed by atoms with E-state index in [0.717, 1.165) is 5.75 Å². The first kappa shape index (κ1) is 24.0. The molecule has 0 aromatic heterocycles. The Hall–Kier alpha value is -0.250. The van der Waals surface area contributed by atoms with E-state index >= 15 is 0 Å². The zero-order chi connectivity index (χ0) is 21.3. The van der Waals surface area contributed by atoms with Crippen LogP contribution in [0.15, 0.2) is 0 Å². The van der Waals surface area contributed by atoms with Crippen LogP contribution in [0.5, 0.6) is 0 Å². The number of amides is 1. The molecule has 2 aliphatic rings. The minimum atomic E-state index is -0.695. The highest BCUT2D eigenvalue weighted by molar-refractivity contribution is 8.21. The third kappa shape index (κ3) is 6.64. The second-order valence-corrected chi connectivity index (χ2v) is 14.4. The van der Waals surface area contributed by atoms with Crippen LogP contribution in [0.2, 0.25) is 0 Å². The van der Waals surface area contributed by atoms with E-state index in [1.165, 1.54) is 16.7 Å². The molecule has 162 valence electrons. The van der Waals surface area contributed by atoms with Crippen molar-refractivity contribution in [2.75, 3.05) is 18.2 Å². The largest absolute Gasteiger partial charge is 0.458 e. The van der Waals surface area contributed by atoms with Crippen molar-refractivity contribution in [3.8, 4) is 0 Å². The molecule has 0 saturated carbocycles. The van der Waals surface area contributed by atoms with Crippen LogP contribution in [0.1, 0.15) is 55.4 Å². The van der Waals surface area contributed by atoms with E-state index in [-0.39, 0.29) is 4.08 Å². The lowest BCUT2D eigenvalue weighted by Gasteiger charge is -2.32. The Labute approximate surface area is 181 Å². The molecule has 0 aromatic rings. The molecule has 0 radical (unpaired) electrons. The predicted octanol–water partition coefficient (Wildman–Crippen LogP) is 4.57. The maximum Gasteiger partial charge on any atom is 0.413 e. The van der Waals surface area contributed by atoms with Gasteiger partial charge in [-0.25, -0.2) is 9.59 Å². The van der Waals surface area contributed by atoms with Gasteiger partial charge in [0.1, 0.15) is 11.6 Å². The molecule has 2 saturated heterocycles. The third-order valence-electron chi connectivity index (χ3n) is 4.26. The van der Waals surface area contributed by atoms with Gasteiger partial charge in [0, 0.05) is 15.7 Å². The summed E-state index contributed by atoms with van der Waals surface area (Å²) in [5, 5.41) is 0.386. The number of ether oxygens (including phenoxy) is 3. The highest BCUT2D eigenvalue weighted by Crippen LogP contribution is 2.47. The lowest BCUT2D eigenvalue weighted by atomic mass is 10.0. The zero-order valence-corrected chi connectivity index (χ0v) is 20.5. The summed E-state index contributed by atoms with van der Waals surface area (Å²) in [6.45, 7) is 16.0. The minimum Gasteiger partial charge on any atom is -0.458 e. The molecule has 0 N–H and O–H groups in total. The molecule has 0 spiro atoms. The first-order valence-corrected chi connectivity index (χ1v) is 12.3. The number of thioether (sulfide) groups is 3. The molecule has 2 heterocycles. The molecule has 2 fully saturated rings. The van der Waals surface area contributed by atoms with Crippen molar-refractivity contribution in [1.82, 2.24) is 4.90 Å². The van der Waals surface area contributed by atoms with Gasteiger partial charge in [-0.1, -0.05) is 0 Å². The van der Waals surface area contributed by atoms with Crippen molar-refractivity contribution in [1.29, 1.82) is 0 Å². The second kappa shape index (κ2) is 8.86. The van der Waals surface area contributed by atoms with Crippen LogP contribution in [-0.4, -0.2) is 67.2 Å². The Morgan fingerprint density at radius 2 is 1.82 bits per heavy atom. The second-order valence-electron chi connectivity index (χ2n) is 9.02. The molecule has 28 heavy (non-hydrogen) atoms. The van der Waals surface area contributed by atoms with Gasteiger partial charge in [0.15, 0.2) is 0 Å². The first-order chi connectivity index (χ1) is 12.7. The standard InChI is InChI=1S/C19H33NO5S3/c1-12(23-9-13-10-26-19(7,8)28-13)24-16(22)20-11-27-18(5,6)14(20)15(21)25-17(2,3)4/h12-14H,9-11H2,1-8H3/t12?,13-,14?/m0/s1. The fourth-order valence-corrected chi connectivity index (χ4v) is 7.12. The van der Waals surface area contributed by atoms with Crippen LogP contribution < -0.4 is 0 Å². The fourth-order valence-electron chi connectivity index (χ4n) is 3.02. The molecule has 0 aliphatic carbocycles. The minimum absolute atomic E-state index is 0.201. The highest BCUT2D eigenvalue weighted by Gasteiger charge is 2.50. The van der Waals surface area contributed by atoms with Crippen molar-refractivity contribution in [3.63, 3.8) is 0 Å². The average Bonchev–Trinajstić information content (AvgIpc) is 3.02. The van der Waals surface area contributed by atoms with Crippen LogP contribution >= 0.6 is 35.3 Å². The van der Waals surface area contributed by atoms with Gasteiger partial charge in [-0.3, -0.25) is 4.90 Å². The lowest BCUT2D eigenvalue weighted by Crippen LogP contribution is -2.51. The summed E-state index contributed by atoms with van der Waals surface area (Å²) in [7, 11) is 0. The number of rotatable bonds is 5. The quantitative estimate of drug-likeness (QED) is 0.445. The Morgan fingerprint density at radius 3 is 2.36 bits per heavy atom. The fraction of sp³-hybridized carbons (Fsp3) is 0.895. The molecular weight excluding hydrogens is 418 g/mol. The monoisotopic (exact) mass is 451 g/mol. The molecule has 2 rings (SSSR count). The average molecular weight is 452 g/mol. The Kier molecular flexibility index (Phi) is 7.60. The SMILES string of the molecule is CC(OC[C@H]1CSC(C)(C)S1)OC(=O)N1CSC(C)(C)C1C(=O)OC(C)(C)C. The smallest absolute Gasteiger partial charge is 0.413 e. The third-order valence-corrected chi connectivity index (χ3v) is 8.96. The normalized spacial score (nSPS) is 27.5. The molecule has 6 nitrogen and oxygen atoms in total. The Balaban J connectivity index is 1.91. The summed E-state index contributed by atoms with van der Waals surface area (Å²) in [5.41, 5.74) is -0.614. The zero-order valence-electron chi connectivity index (χ0n) is 18.1. The van der Waals surface area contributed by atoms with Gasteiger partial charge in [0.2, 0.25) is 6.29 Å². The molecule has 9 heteroatoms. The topological polar surface area (TPSA) is 65.1 Å². The van der Waals surface area contributed by atoms with Gasteiger partial charge in [-0.2, -0.15) is 0 Å². The molecule has 0 aromatic carbocycles. The van der Waals surface area contributed by atoms with Crippen LogP contribution in [-0.2, 0) is 19.0 Å². The van der Waals surface area contributed by atoms with E-state index in [1.54, 1.807) is 6.92 Å². The maximum atomic E-state index is 12.7. The van der Waals surface area contributed by atoms with Crippen LogP contribution in [0.4, 0.5) is 4.79 Å². The maximum absolute atomic E-state index is 12.7. The predicted molar refractivity (Wildman–Crippen MR) is 118 cm³/mol. The molecule has 1 amide bonds. The Morgan fingerprint density at radius 1 is 1.18 bits per heavy atom. The van der Waals surface area contributed by atoms with E-state index in [9.17, 15) is 9.59 Å². The van der Waals surface area contributed by atoms with Crippen molar-refractivity contribution in [3.05, 3.63) is 0 Å². The lowest BCUT2D eigenvalue weighted by molar-refractivity contribution is -0.162. The number of hydrogen-bond donors (Lipinski definition) is 0. The van der Waals surface area contributed by atoms with Gasteiger partial charge in [-0.15, -0.1) is 35.3 Å². The highest BCUT2D eigenvalue weighted by atomic mass is 32.2. The van der Waals surface area contributed by atoms with Gasteiger partial charge in [0.25, 0.3) is 0 Å². The van der Waals surface area contributed by atoms with E-state index < -0.39 is 34.7 Å². The van der Waals surface area contributed by atoms with Gasteiger partial charge in [-0.05, 0) is 55.4 Å². The van der Waals surface area contributed by atoms with Crippen molar-refractivity contribution >= 4 is 47.3 Å². The van der Waals surface area contributed by atoms with Gasteiger partial charge < -0.3 is 14.2 Å². The molecule has 2 unspecified atom stereocenters. The summed E-state index contributed by atoms with van der Waals surface area (Å²) in [5.74, 6) is 0.997. The summed E-state index contributed by atoms with van der Waals surface area (Å²) in [4.78, 5) is 26.9. The number of nitrogens with zero attached hydrogens (tertiary/aromatic N) is 1. The summed E-state index contributed by atoms with van der Waals surface area (Å²) < 4.78 is 16.5. The molecular formula is C19H33NO5S3. The first-order valence-electron chi connectivity index (χ1n) is 9.48. The van der Waals surface area contributed by atoms with Gasteiger partial charge >= 0.3 is 12.1 Å². The van der Waals surface area contributed by atoms with E-state index in [0.29, 0.717) is 17.7 Å². The van der Waals surface area contributed by atoms with E-state index in [2.05, 4.69) is 13.8 Å². The number of esters is 1. The molecule has 2 aliphatic heterocycles. The summed E-state index contributed by atoms with van der Waals surface area (Å²) in [6.07, 6.45) is -1.22. The summed E-state index contributed by atoms with van der Waals surface area (Å²) >= 11 is 5.34. The van der Waals surface area contributed by atoms with Crippen molar-refractivity contribution in [2.45, 2.75) is 87.4 Å². The van der Waals surface area contributed by atoms with Crippen LogP contribution in [0.3, 0.4) is 0 Å². The number of carbonyl (C=O) groups excluding carboxylic acids is 2. The van der Waals surface area contributed by atoms with Gasteiger partial charge in [0.05, 0.1) is 16.6 Å². The van der Waals surface area contributed by atoms with Crippen molar-refractivity contribution in [2.24, 2.45) is 0 Å².